The molecule has 0 unspecified atom stereocenters. The minimum absolute atomic E-state index is 0.0205. The van der Waals surface area contributed by atoms with Crippen LogP contribution in [0.2, 0.25) is 5.02 Å². The molecule has 10 nitrogen and oxygen atoms in total. The number of carbonyl (C=O) groups excluding carboxylic acids is 1. The molecule has 0 spiro atoms. The SMILES string of the molecule is O=C(Nc1ccc(N2CCOCC2)c([N+](=O)[O-])c1)c1ccc([N+](=O)[O-])cc1Cl. The largest absolute Gasteiger partial charge is 0.378 e. The Bertz CT molecular complexity index is 945. The van der Waals surface area contributed by atoms with Crippen LogP contribution in [0.3, 0.4) is 0 Å². The van der Waals surface area contributed by atoms with Crippen LogP contribution in [0.15, 0.2) is 36.4 Å². The average Bonchev–Trinajstić information content (AvgIpc) is 2.68. The Morgan fingerprint density at radius 2 is 1.79 bits per heavy atom. The van der Waals surface area contributed by atoms with Gasteiger partial charge in [-0.05, 0) is 18.2 Å². The zero-order valence-electron chi connectivity index (χ0n) is 14.5. The first kappa shape index (κ1) is 19.5. The van der Waals surface area contributed by atoms with Gasteiger partial charge in [0.25, 0.3) is 17.3 Å². The molecule has 2 aromatic rings. The summed E-state index contributed by atoms with van der Waals surface area (Å²) in [6.45, 7) is 2.03. The third-order valence-corrected chi connectivity index (χ3v) is 4.50. The normalized spacial score (nSPS) is 13.8. The monoisotopic (exact) mass is 406 g/mol. The summed E-state index contributed by atoms with van der Waals surface area (Å²) in [6, 6.07) is 7.84. The molecule has 2 aromatic carbocycles. The number of nitrogens with zero attached hydrogens (tertiary/aromatic N) is 3. The van der Waals surface area contributed by atoms with Gasteiger partial charge in [0.1, 0.15) is 5.69 Å². The van der Waals surface area contributed by atoms with Crippen LogP contribution in [0.5, 0.6) is 0 Å². The van der Waals surface area contributed by atoms with Gasteiger partial charge >= 0.3 is 0 Å². The fourth-order valence-corrected chi connectivity index (χ4v) is 3.08. The molecule has 1 aliphatic rings. The van der Waals surface area contributed by atoms with Gasteiger partial charge in [0, 0.05) is 37.0 Å². The van der Waals surface area contributed by atoms with Crippen molar-refractivity contribution in [2.75, 3.05) is 36.5 Å². The summed E-state index contributed by atoms with van der Waals surface area (Å²) in [5.74, 6) is -0.631. The van der Waals surface area contributed by atoms with Crippen molar-refractivity contribution in [2.45, 2.75) is 0 Å². The molecule has 0 aliphatic carbocycles. The van der Waals surface area contributed by atoms with Gasteiger partial charge in [0.15, 0.2) is 0 Å². The number of nitro benzene ring substituents is 2. The summed E-state index contributed by atoms with van der Waals surface area (Å²) < 4.78 is 5.26. The Morgan fingerprint density at radius 1 is 1.07 bits per heavy atom. The van der Waals surface area contributed by atoms with Crippen molar-refractivity contribution < 1.29 is 19.4 Å². The van der Waals surface area contributed by atoms with Gasteiger partial charge in [-0.3, -0.25) is 25.0 Å². The lowest BCUT2D eigenvalue weighted by molar-refractivity contribution is -0.384. The molecule has 146 valence electrons. The van der Waals surface area contributed by atoms with Gasteiger partial charge in [0.05, 0.1) is 33.6 Å². The third kappa shape index (κ3) is 4.18. The number of non-ortho nitro benzene ring substituents is 1. The fourth-order valence-electron chi connectivity index (χ4n) is 2.82. The van der Waals surface area contributed by atoms with Crippen LogP contribution in [-0.4, -0.2) is 42.1 Å². The van der Waals surface area contributed by atoms with Crippen LogP contribution >= 0.6 is 11.6 Å². The molecule has 0 bridgehead atoms. The molecule has 1 aliphatic heterocycles. The predicted molar refractivity (Wildman–Crippen MR) is 102 cm³/mol. The van der Waals surface area contributed by atoms with Gasteiger partial charge in [-0.2, -0.15) is 0 Å². The molecular weight excluding hydrogens is 392 g/mol. The van der Waals surface area contributed by atoms with Crippen LogP contribution in [0, 0.1) is 20.2 Å². The first-order valence-corrected chi connectivity index (χ1v) is 8.61. The van der Waals surface area contributed by atoms with Crippen LogP contribution in [0.4, 0.5) is 22.7 Å². The number of ether oxygens (including phenoxy) is 1. The van der Waals surface area contributed by atoms with E-state index >= 15 is 0 Å². The number of amides is 1. The maximum absolute atomic E-state index is 12.4. The first-order chi connectivity index (χ1) is 13.4. The molecule has 0 atom stereocenters. The highest BCUT2D eigenvalue weighted by atomic mass is 35.5. The van der Waals surface area contributed by atoms with Crippen LogP contribution in [0.1, 0.15) is 10.4 Å². The van der Waals surface area contributed by atoms with E-state index in [0.29, 0.717) is 32.0 Å². The summed E-state index contributed by atoms with van der Waals surface area (Å²) in [7, 11) is 0. The van der Waals surface area contributed by atoms with Crippen molar-refractivity contribution in [3.8, 4) is 0 Å². The topological polar surface area (TPSA) is 128 Å². The van der Waals surface area contributed by atoms with Gasteiger partial charge in [0.2, 0.25) is 0 Å². The van der Waals surface area contributed by atoms with E-state index < -0.39 is 15.8 Å². The number of anilines is 2. The number of hydrogen-bond donors (Lipinski definition) is 1. The van der Waals surface area contributed by atoms with Crippen LogP contribution < -0.4 is 10.2 Å². The predicted octanol–water partition coefficient (Wildman–Crippen LogP) is 3.25. The van der Waals surface area contributed by atoms with Crippen LogP contribution in [-0.2, 0) is 4.74 Å². The molecule has 1 amide bonds. The Hall–Kier alpha value is -3.24. The number of nitrogens with one attached hydrogen (secondary N) is 1. The van der Waals surface area contributed by atoms with E-state index in [0.717, 1.165) is 12.1 Å². The quantitative estimate of drug-likeness (QED) is 0.596. The lowest BCUT2D eigenvalue weighted by Crippen LogP contribution is -2.36. The summed E-state index contributed by atoms with van der Waals surface area (Å²) in [4.78, 5) is 35.4. The van der Waals surface area contributed by atoms with Crippen molar-refractivity contribution in [3.63, 3.8) is 0 Å². The molecule has 0 aromatic heterocycles. The first-order valence-electron chi connectivity index (χ1n) is 8.23. The minimum atomic E-state index is -0.631. The second-order valence-electron chi connectivity index (χ2n) is 5.94. The summed E-state index contributed by atoms with van der Waals surface area (Å²) >= 11 is 5.95. The second-order valence-corrected chi connectivity index (χ2v) is 6.34. The maximum Gasteiger partial charge on any atom is 0.294 e. The molecule has 0 radical (unpaired) electrons. The Kier molecular flexibility index (Phi) is 5.71. The summed E-state index contributed by atoms with van der Waals surface area (Å²) in [5, 5.41) is 24.7. The van der Waals surface area contributed by atoms with E-state index in [1.165, 1.54) is 12.1 Å². The molecular formula is C17H15ClN4O6. The smallest absolute Gasteiger partial charge is 0.294 e. The Labute approximate surface area is 164 Å². The fraction of sp³-hybridized carbons (Fsp3) is 0.235. The van der Waals surface area contributed by atoms with E-state index in [1.807, 2.05) is 4.90 Å². The van der Waals surface area contributed by atoms with E-state index in [1.54, 1.807) is 12.1 Å². The maximum atomic E-state index is 12.4. The molecule has 1 N–H and O–H groups in total. The zero-order valence-corrected chi connectivity index (χ0v) is 15.2. The molecule has 28 heavy (non-hydrogen) atoms. The third-order valence-electron chi connectivity index (χ3n) is 4.19. The van der Waals surface area contributed by atoms with Gasteiger partial charge in [-0.1, -0.05) is 11.6 Å². The van der Waals surface area contributed by atoms with Crippen molar-refractivity contribution in [1.82, 2.24) is 0 Å². The van der Waals surface area contributed by atoms with E-state index in [4.69, 9.17) is 16.3 Å². The molecule has 3 rings (SSSR count). The molecule has 0 saturated carbocycles. The molecule has 1 heterocycles. The standard InChI is InChI=1S/C17H15ClN4O6/c18-14-10-12(21(24)25)2-3-13(14)17(23)19-11-1-4-15(16(9-11)22(26)27)20-5-7-28-8-6-20/h1-4,9-10H,5-8H2,(H,19,23). The average molecular weight is 407 g/mol. The van der Waals surface area contributed by atoms with Crippen molar-refractivity contribution >= 4 is 40.3 Å². The summed E-state index contributed by atoms with van der Waals surface area (Å²) in [6.07, 6.45) is 0. The van der Waals surface area contributed by atoms with E-state index in [2.05, 4.69) is 5.32 Å². The highest BCUT2D eigenvalue weighted by molar-refractivity contribution is 6.34. The Balaban J connectivity index is 1.84. The molecule has 11 heteroatoms. The van der Waals surface area contributed by atoms with Crippen molar-refractivity contribution in [3.05, 3.63) is 67.2 Å². The molecule has 1 saturated heterocycles. The van der Waals surface area contributed by atoms with Gasteiger partial charge in [-0.15, -0.1) is 0 Å². The number of carbonyl (C=O) groups is 1. The van der Waals surface area contributed by atoms with E-state index in [-0.39, 0.29) is 27.6 Å². The number of halogens is 1. The molecule has 1 fully saturated rings. The van der Waals surface area contributed by atoms with Gasteiger partial charge in [-0.25, -0.2) is 0 Å². The van der Waals surface area contributed by atoms with Crippen molar-refractivity contribution in [1.29, 1.82) is 0 Å². The Morgan fingerprint density at radius 3 is 2.39 bits per heavy atom. The van der Waals surface area contributed by atoms with Crippen molar-refractivity contribution in [2.24, 2.45) is 0 Å². The highest BCUT2D eigenvalue weighted by Crippen LogP contribution is 2.32. The number of morpholine rings is 1. The van der Waals surface area contributed by atoms with Crippen LogP contribution in [0.25, 0.3) is 0 Å². The second kappa shape index (κ2) is 8.19. The highest BCUT2D eigenvalue weighted by Gasteiger charge is 2.23. The lowest BCUT2D eigenvalue weighted by Gasteiger charge is -2.28. The lowest BCUT2D eigenvalue weighted by atomic mass is 10.1. The minimum Gasteiger partial charge on any atom is -0.378 e. The summed E-state index contributed by atoms with van der Waals surface area (Å²) in [5.41, 5.74) is 0.288. The zero-order chi connectivity index (χ0) is 20.3. The van der Waals surface area contributed by atoms with Gasteiger partial charge < -0.3 is 15.0 Å². The number of hydrogen-bond acceptors (Lipinski definition) is 7. The van der Waals surface area contributed by atoms with E-state index in [9.17, 15) is 25.0 Å². The number of benzene rings is 2. The number of rotatable bonds is 5. The number of nitro groups is 2.